The first-order chi connectivity index (χ1) is 20.6. The van der Waals surface area contributed by atoms with Crippen LogP contribution in [0.4, 0.5) is 5.69 Å². The van der Waals surface area contributed by atoms with Gasteiger partial charge in [0, 0.05) is 36.3 Å². The summed E-state index contributed by atoms with van der Waals surface area (Å²) < 4.78 is 25.1. The maximum absolute atomic E-state index is 13.5. The van der Waals surface area contributed by atoms with Gasteiger partial charge in [-0.3, -0.25) is 9.69 Å². The molecule has 11 heteroatoms. The molecule has 2 aromatic carbocycles. The highest BCUT2D eigenvalue weighted by atomic mass is 32.2. The number of benzene rings is 2. The van der Waals surface area contributed by atoms with E-state index >= 15 is 0 Å². The number of carboxylic acids is 2. The number of amides is 1. The Morgan fingerprint density at radius 3 is 2.33 bits per heavy atom. The molecule has 2 unspecified atom stereocenters. The molecule has 2 aliphatic rings. The topological polar surface area (TPSA) is 140 Å². The number of methoxy groups -OCH3 is 1. The number of ether oxygens (including phenoxy) is 2. The molecule has 234 valence electrons. The van der Waals surface area contributed by atoms with Crippen molar-refractivity contribution in [2.75, 3.05) is 32.2 Å². The van der Waals surface area contributed by atoms with Crippen LogP contribution in [-0.4, -0.2) is 70.9 Å². The quantitative estimate of drug-likeness (QED) is 0.183. The van der Waals surface area contributed by atoms with Gasteiger partial charge in [-0.1, -0.05) is 31.4 Å². The number of carbonyl (C=O) groups is 3. The van der Waals surface area contributed by atoms with Crippen LogP contribution in [0.3, 0.4) is 0 Å². The van der Waals surface area contributed by atoms with E-state index in [1.807, 2.05) is 42.5 Å². The zero-order chi connectivity index (χ0) is 31.4. The summed E-state index contributed by atoms with van der Waals surface area (Å²) in [4.78, 5) is 36.5. The molecule has 43 heavy (non-hydrogen) atoms. The number of para-hydroxylation sites is 1. The lowest BCUT2D eigenvalue weighted by atomic mass is 9.94. The molecule has 10 nitrogen and oxygen atoms in total. The summed E-state index contributed by atoms with van der Waals surface area (Å²) in [5.74, 6) is -1.36. The largest absolute Gasteiger partial charge is 0.609 e. The molecule has 2 N–H and O–H groups in total. The Balaban J connectivity index is 0.000000557. The zero-order valence-electron chi connectivity index (χ0n) is 25.1. The lowest BCUT2D eigenvalue weighted by Crippen LogP contribution is -2.34. The minimum atomic E-state index is -1.41. The van der Waals surface area contributed by atoms with Gasteiger partial charge in [0.05, 0.1) is 19.3 Å². The second-order valence-corrected chi connectivity index (χ2v) is 12.1. The van der Waals surface area contributed by atoms with Gasteiger partial charge in [0.15, 0.2) is 4.90 Å². The first kappa shape index (κ1) is 34.0. The van der Waals surface area contributed by atoms with Crippen molar-refractivity contribution in [3.63, 3.8) is 0 Å². The van der Waals surface area contributed by atoms with Gasteiger partial charge in [-0.15, -0.1) is 0 Å². The standard InChI is InChI=1S/C28H38N2O4S.C4H4O4/c1-21(31)30-25-14-8-9-15-27(25)35(32)28(30)24-20-23(33-3)16-17-26(24)34-19-11-5-10-18-29(2)22-12-6-4-7-13-22;5-3(6)1-2-4(7)8/h8-9,14-17,20,22,28H,4-7,10-13,18-19H2,1-3H3;1-2H,(H,5,6)(H,7,8). The molecule has 0 saturated heterocycles. The van der Waals surface area contributed by atoms with Crippen LogP contribution in [0.25, 0.3) is 0 Å². The Kier molecular flexibility index (Phi) is 13.4. The van der Waals surface area contributed by atoms with Crippen molar-refractivity contribution >= 4 is 34.7 Å². The van der Waals surface area contributed by atoms with E-state index in [1.54, 1.807) is 12.0 Å². The van der Waals surface area contributed by atoms with Crippen molar-refractivity contribution in [1.82, 2.24) is 4.90 Å². The summed E-state index contributed by atoms with van der Waals surface area (Å²) in [7, 11) is 3.86. The molecule has 2 aromatic rings. The van der Waals surface area contributed by atoms with Crippen LogP contribution in [0.2, 0.25) is 0 Å². The molecule has 4 rings (SSSR count). The van der Waals surface area contributed by atoms with Crippen LogP contribution in [0.15, 0.2) is 59.5 Å². The Labute approximate surface area is 256 Å². The number of anilines is 1. The fourth-order valence-electron chi connectivity index (χ4n) is 5.40. The number of rotatable bonds is 12. The third-order valence-corrected chi connectivity index (χ3v) is 9.23. The van der Waals surface area contributed by atoms with E-state index in [0.29, 0.717) is 46.4 Å². The average molecular weight is 615 g/mol. The van der Waals surface area contributed by atoms with E-state index in [4.69, 9.17) is 19.7 Å². The molecular weight excluding hydrogens is 572 g/mol. The van der Waals surface area contributed by atoms with Crippen molar-refractivity contribution in [2.24, 2.45) is 0 Å². The number of hydrogen-bond donors (Lipinski definition) is 2. The second-order valence-electron chi connectivity index (χ2n) is 10.6. The van der Waals surface area contributed by atoms with Gasteiger partial charge in [0.2, 0.25) is 11.3 Å². The predicted molar refractivity (Wildman–Crippen MR) is 165 cm³/mol. The van der Waals surface area contributed by atoms with Crippen molar-refractivity contribution < 1.29 is 38.6 Å². The Morgan fingerprint density at radius 1 is 1.02 bits per heavy atom. The number of fused-ring (bicyclic) bond motifs is 1. The SMILES string of the molecule is COc1ccc(OCCCCCN(C)C2CCCCC2)c(C2N(C(C)=O)c3ccccc3[S+]2[O-])c1.O=C(O)C=CC(=O)O. The molecule has 0 radical (unpaired) electrons. The van der Waals surface area contributed by atoms with Crippen LogP contribution in [0.1, 0.15) is 69.2 Å². The fourth-order valence-corrected chi connectivity index (χ4v) is 7.10. The minimum Gasteiger partial charge on any atom is -0.609 e. The molecule has 2 atom stereocenters. The number of aliphatic carboxylic acids is 2. The number of unbranched alkanes of at least 4 members (excludes halogenated alkanes) is 2. The summed E-state index contributed by atoms with van der Waals surface area (Å²) in [5, 5.41) is 15.0. The van der Waals surface area contributed by atoms with Crippen LogP contribution in [0.5, 0.6) is 11.5 Å². The summed E-state index contributed by atoms with van der Waals surface area (Å²) in [6.07, 6.45) is 11.1. The fraction of sp³-hybridized carbons (Fsp3) is 0.469. The van der Waals surface area contributed by atoms with Gasteiger partial charge >= 0.3 is 11.9 Å². The first-order valence-corrected chi connectivity index (χ1v) is 15.8. The molecule has 1 aliphatic heterocycles. The number of nitrogens with zero attached hydrogens (tertiary/aromatic N) is 2. The Morgan fingerprint density at radius 2 is 1.70 bits per heavy atom. The summed E-state index contributed by atoms with van der Waals surface area (Å²) in [5.41, 5.74) is 1.41. The summed E-state index contributed by atoms with van der Waals surface area (Å²) in [6.45, 7) is 3.22. The Hall–Kier alpha value is -3.54. The van der Waals surface area contributed by atoms with E-state index in [0.717, 1.165) is 31.8 Å². The molecular formula is C32H42N2O8S. The molecule has 0 aromatic heterocycles. The monoisotopic (exact) mass is 614 g/mol. The van der Waals surface area contributed by atoms with Gasteiger partial charge in [0.25, 0.3) is 0 Å². The number of hydrogen-bond acceptors (Lipinski definition) is 7. The average Bonchev–Trinajstić information content (AvgIpc) is 3.30. The molecule has 1 fully saturated rings. The third-order valence-electron chi connectivity index (χ3n) is 7.58. The van der Waals surface area contributed by atoms with E-state index in [-0.39, 0.29) is 5.91 Å². The Bertz CT molecular complexity index is 1250. The van der Waals surface area contributed by atoms with Crippen LogP contribution >= 0.6 is 0 Å². The van der Waals surface area contributed by atoms with Crippen LogP contribution in [0, 0.1) is 0 Å². The van der Waals surface area contributed by atoms with Gasteiger partial charge in [-0.2, -0.15) is 0 Å². The highest BCUT2D eigenvalue weighted by molar-refractivity contribution is 7.92. The van der Waals surface area contributed by atoms with Crippen molar-refractivity contribution in [3.8, 4) is 11.5 Å². The van der Waals surface area contributed by atoms with Gasteiger partial charge in [-0.05, 0) is 76.0 Å². The van der Waals surface area contributed by atoms with E-state index in [1.165, 1.54) is 39.0 Å². The maximum atomic E-state index is 13.5. The lowest BCUT2D eigenvalue weighted by Gasteiger charge is -2.31. The summed E-state index contributed by atoms with van der Waals surface area (Å²) in [6, 6.07) is 13.7. The van der Waals surface area contributed by atoms with Crippen molar-refractivity contribution in [3.05, 3.63) is 60.2 Å². The second kappa shape index (κ2) is 16.9. The molecule has 1 aliphatic carbocycles. The molecule has 1 saturated carbocycles. The van der Waals surface area contributed by atoms with Gasteiger partial charge < -0.3 is 29.1 Å². The smallest absolute Gasteiger partial charge is 0.328 e. The normalized spacial score (nSPS) is 18.2. The van der Waals surface area contributed by atoms with Gasteiger partial charge in [-0.25, -0.2) is 9.59 Å². The van der Waals surface area contributed by atoms with E-state index in [9.17, 15) is 18.9 Å². The lowest BCUT2D eigenvalue weighted by molar-refractivity contribution is -0.134. The van der Waals surface area contributed by atoms with Crippen molar-refractivity contribution in [2.45, 2.75) is 74.6 Å². The van der Waals surface area contributed by atoms with Crippen LogP contribution < -0.4 is 14.4 Å². The number of carbonyl (C=O) groups excluding carboxylic acids is 1. The molecule has 0 bridgehead atoms. The molecule has 1 amide bonds. The van der Waals surface area contributed by atoms with E-state index in [2.05, 4.69) is 11.9 Å². The molecule has 1 heterocycles. The minimum absolute atomic E-state index is 0.149. The molecule has 0 spiro atoms. The number of carboxylic acid groups (broad SMARTS) is 2. The zero-order valence-corrected chi connectivity index (χ0v) is 25.9. The first-order valence-electron chi connectivity index (χ1n) is 14.6. The maximum Gasteiger partial charge on any atom is 0.328 e. The highest BCUT2D eigenvalue weighted by Crippen LogP contribution is 2.49. The van der Waals surface area contributed by atoms with Gasteiger partial charge in [0.1, 0.15) is 17.2 Å². The summed E-state index contributed by atoms with van der Waals surface area (Å²) >= 11 is -1.41. The highest BCUT2D eigenvalue weighted by Gasteiger charge is 2.46. The van der Waals surface area contributed by atoms with Crippen molar-refractivity contribution in [1.29, 1.82) is 0 Å². The van der Waals surface area contributed by atoms with E-state index < -0.39 is 28.5 Å². The van der Waals surface area contributed by atoms with Crippen LogP contribution in [-0.2, 0) is 25.6 Å². The third kappa shape index (κ3) is 9.74. The predicted octanol–water partition coefficient (Wildman–Crippen LogP) is 5.39.